The Kier molecular flexibility index (Phi) is 7.01. The van der Waals surface area contributed by atoms with Crippen LogP contribution in [0.25, 0.3) is 0 Å². The van der Waals surface area contributed by atoms with Gasteiger partial charge in [-0.3, -0.25) is 0 Å². The van der Waals surface area contributed by atoms with Crippen LogP contribution in [0.3, 0.4) is 0 Å². The Morgan fingerprint density at radius 1 is 1.38 bits per heavy atom. The van der Waals surface area contributed by atoms with Gasteiger partial charge < -0.3 is 15.4 Å². The molecule has 0 saturated carbocycles. The van der Waals surface area contributed by atoms with Crippen LogP contribution in [0.1, 0.15) is 32.6 Å². The quantitative estimate of drug-likeness (QED) is 0.721. The van der Waals surface area contributed by atoms with E-state index in [2.05, 4.69) is 11.8 Å². The second kappa shape index (κ2) is 8.04. The average molecular weight is 228 g/mol. The number of ether oxygens (including phenoxy) is 1. The molecule has 3 heteroatoms. The fraction of sp³-hybridized carbons (Fsp3) is 1.00. The number of hydrogen-bond acceptors (Lipinski definition) is 3. The summed E-state index contributed by atoms with van der Waals surface area (Å²) < 4.78 is 5.21. The summed E-state index contributed by atoms with van der Waals surface area (Å²) in [5.41, 5.74) is 5.62. The van der Waals surface area contributed by atoms with Crippen LogP contribution in [0.5, 0.6) is 0 Å². The lowest BCUT2D eigenvalue weighted by atomic mass is 9.97. The number of piperidine rings is 1. The van der Waals surface area contributed by atoms with Crippen LogP contribution in [-0.4, -0.2) is 44.8 Å². The maximum absolute atomic E-state index is 5.62. The maximum Gasteiger partial charge on any atom is 0.0491 e. The molecule has 1 unspecified atom stereocenters. The highest BCUT2D eigenvalue weighted by molar-refractivity contribution is 4.72. The van der Waals surface area contributed by atoms with E-state index in [-0.39, 0.29) is 0 Å². The highest BCUT2D eigenvalue weighted by Gasteiger charge is 2.18. The monoisotopic (exact) mass is 228 g/mol. The summed E-state index contributed by atoms with van der Waals surface area (Å²) in [6.45, 7) is 7.78. The molecule has 0 amide bonds. The second-order valence-corrected chi connectivity index (χ2v) is 5.22. The van der Waals surface area contributed by atoms with Gasteiger partial charge in [-0.25, -0.2) is 0 Å². The minimum absolute atomic E-state index is 0.686. The molecule has 0 radical (unpaired) electrons. The van der Waals surface area contributed by atoms with Crippen LogP contribution in [0.4, 0.5) is 0 Å². The molecule has 0 aromatic rings. The summed E-state index contributed by atoms with van der Waals surface area (Å²) in [5, 5.41) is 0. The molecule has 1 aliphatic rings. The van der Waals surface area contributed by atoms with Crippen molar-refractivity contribution < 1.29 is 4.74 Å². The standard InChI is InChI=1S/C13H28N2O/c1-12(10-14)4-3-7-15-8-5-13(6-9-15)11-16-2/h12-13H,3-11,14H2,1-2H3. The first kappa shape index (κ1) is 13.9. The van der Waals surface area contributed by atoms with Crippen molar-refractivity contribution in [3.8, 4) is 0 Å². The highest BCUT2D eigenvalue weighted by atomic mass is 16.5. The van der Waals surface area contributed by atoms with Crippen molar-refractivity contribution in [2.45, 2.75) is 32.6 Å². The van der Waals surface area contributed by atoms with Crippen LogP contribution in [0.2, 0.25) is 0 Å². The normalized spacial score (nSPS) is 21.2. The van der Waals surface area contributed by atoms with Gasteiger partial charge in [0.2, 0.25) is 0 Å². The van der Waals surface area contributed by atoms with Crippen LogP contribution < -0.4 is 5.73 Å². The van der Waals surface area contributed by atoms with E-state index in [0.29, 0.717) is 5.92 Å². The lowest BCUT2D eigenvalue weighted by Gasteiger charge is -2.31. The second-order valence-electron chi connectivity index (χ2n) is 5.22. The predicted molar refractivity (Wildman–Crippen MR) is 68.5 cm³/mol. The summed E-state index contributed by atoms with van der Waals surface area (Å²) >= 11 is 0. The Hall–Kier alpha value is -0.120. The molecular weight excluding hydrogens is 200 g/mol. The van der Waals surface area contributed by atoms with Gasteiger partial charge in [0.05, 0.1) is 0 Å². The molecule has 1 atom stereocenters. The van der Waals surface area contributed by atoms with E-state index in [1.807, 2.05) is 0 Å². The molecule has 0 bridgehead atoms. The van der Waals surface area contributed by atoms with Crippen molar-refractivity contribution in [1.82, 2.24) is 4.90 Å². The Morgan fingerprint density at radius 2 is 2.06 bits per heavy atom. The molecule has 0 aromatic carbocycles. The van der Waals surface area contributed by atoms with E-state index in [1.54, 1.807) is 7.11 Å². The third-order valence-electron chi connectivity index (χ3n) is 3.68. The van der Waals surface area contributed by atoms with E-state index in [4.69, 9.17) is 10.5 Å². The number of hydrogen-bond donors (Lipinski definition) is 1. The van der Waals surface area contributed by atoms with Crippen molar-refractivity contribution in [3.05, 3.63) is 0 Å². The fourth-order valence-electron chi connectivity index (χ4n) is 2.39. The summed E-state index contributed by atoms with van der Waals surface area (Å²) in [6.07, 6.45) is 5.18. The Labute approximate surface area is 100 Å². The molecule has 96 valence electrons. The molecule has 16 heavy (non-hydrogen) atoms. The van der Waals surface area contributed by atoms with Gasteiger partial charge in [0.25, 0.3) is 0 Å². The summed E-state index contributed by atoms with van der Waals surface area (Å²) in [7, 11) is 1.81. The topological polar surface area (TPSA) is 38.5 Å². The molecule has 1 rings (SSSR count). The Bertz CT molecular complexity index is 167. The molecule has 2 N–H and O–H groups in total. The average Bonchev–Trinajstić information content (AvgIpc) is 2.31. The lowest BCUT2D eigenvalue weighted by Crippen LogP contribution is -2.35. The predicted octanol–water partition coefficient (Wildman–Crippen LogP) is 1.72. The van der Waals surface area contributed by atoms with Gasteiger partial charge in [-0.05, 0) is 63.7 Å². The minimum Gasteiger partial charge on any atom is -0.384 e. The molecule has 0 aromatic heterocycles. The number of rotatable bonds is 7. The summed E-state index contributed by atoms with van der Waals surface area (Å²) in [6, 6.07) is 0. The number of nitrogens with zero attached hydrogens (tertiary/aromatic N) is 1. The van der Waals surface area contributed by atoms with Crippen LogP contribution in [-0.2, 0) is 4.74 Å². The fourth-order valence-corrected chi connectivity index (χ4v) is 2.39. The molecule has 0 aliphatic carbocycles. The highest BCUT2D eigenvalue weighted by Crippen LogP contribution is 2.17. The van der Waals surface area contributed by atoms with Crippen molar-refractivity contribution in [2.24, 2.45) is 17.6 Å². The molecule has 0 spiro atoms. The zero-order valence-electron chi connectivity index (χ0n) is 11.0. The zero-order valence-corrected chi connectivity index (χ0v) is 11.0. The van der Waals surface area contributed by atoms with Crippen molar-refractivity contribution in [3.63, 3.8) is 0 Å². The molecule has 1 heterocycles. The van der Waals surface area contributed by atoms with Gasteiger partial charge in [-0.15, -0.1) is 0 Å². The van der Waals surface area contributed by atoms with E-state index < -0.39 is 0 Å². The van der Waals surface area contributed by atoms with E-state index in [0.717, 1.165) is 19.1 Å². The molecule has 1 aliphatic heterocycles. The van der Waals surface area contributed by atoms with E-state index in [9.17, 15) is 0 Å². The molecular formula is C13H28N2O. The zero-order chi connectivity index (χ0) is 11.8. The molecule has 1 saturated heterocycles. The van der Waals surface area contributed by atoms with Gasteiger partial charge >= 0.3 is 0 Å². The van der Waals surface area contributed by atoms with E-state index >= 15 is 0 Å². The summed E-state index contributed by atoms with van der Waals surface area (Å²) in [4.78, 5) is 2.59. The van der Waals surface area contributed by atoms with Gasteiger partial charge in [0, 0.05) is 13.7 Å². The third kappa shape index (κ3) is 5.28. The number of methoxy groups -OCH3 is 1. The number of nitrogens with two attached hydrogens (primary N) is 1. The molecule has 1 fully saturated rings. The van der Waals surface area contributed by atoms with Gasteiger partial charge in [0.1, 0.15) is 0 Å². The van der Waals surface area contributed by atoms with Gasteiger partial charge in [0.15, 0.2) is 0 Å². The third-order valence-corrected chi connectivity index (χ3v) is 3.68. The summed E-state index contributed by atoms with van der Waals surface area (Å²) in [5.74, 6) is 1.48. The van der Waals surface area contributed by atoms with Crippen molar-refractivity contribution in [2.75, 3.05) is 39.9 Å². The van der Waals surface area contributed by atoms with E-state index in [1.165, 1.54) is 45.3 Å². The molecule has 3 nitrogen and oxygen atoms in total. The number of likely N-dealkylation sites (tertiary alicyclic amines) is 1. The van der Waals surface area contributed by atoms with Crippen LogP contribution in [0.15, 0.2) is 0 Å². The SMILES string of the molecule is COCC1CCN(CCCC(C)CN)CC1. The van der Waals surface area contributed by atoms with Crippen LogP contribution >= 0.6 is 0 Å². The Morgan fingerprint density at radius 3 is 2.62 bits per heavy atom. The van der Waals surface area contributed by atoms with Gasteiger partial charge in [-0.2, -0.15) is 0 Å². The lowest BCUT2D eigenvalue weighted by molar-refractivity contribution is 0.0984. The first-order valence-electron chi connectivity index (χ1n) is 6.67. The Balaban J connectivity index is 2.03. The minimum atomic E-state index is 0.686. The smallest absolute Gasteiger partial charge is 0.0491 e. The first-order chi connectivity index (χ1) is 7.76. The first-order valence-corrected chi connectivity index (χ1v) is 6.67. The van der Waals surface area contributed by atoms with Crippen LogP contribution in [0, 0.1) is 11.8 Å². The van der Waals surface area contributed by atoms with Crippen molar-refractivity contribution >= 4 is 0 Å². The largest absolute Gasteiger partial charge is 0.384 e. The van der Waals surface area contributed by atoms with Gasteiger partial charge in [-0.1, -0.05) is 6.92 Å². The van der Waals surface area contributed by atoms with Crippen molar-refractivity contribution in [1.29, 1.82) is 0 Å². The maximum atomic E-state index is 5.62.